The van der Waals surface area contributed by atoms with Gasteiger partial charge >= 0.3 is 6.18 Å². The number of primary amides is 1. The molecule has 2 aromatic carbocycles. The summed E-state index contributed by atoms with van der Waals surface area (Å²) in [5, 5.41) is 0. The van der Waals surface area contributed by atoms with Crippen molar-refractivity contribution < 1.29 is 22.8 Å². The van der Waals surface area contributed by atoms with Crippen LogP contribution in [0.25, 0.3) is 0 Å². The van der Waals surface area contributed by atoms with Crippen molar-refractivity contribution in [3.8, 4) is 0 Å². The Balaban J connectivity index is 2.06. The van der Waals surface area contributed by atoms with Gasteiger partial charge in [0.2, 0.25) is 5.91 Å². The number of halogens is 3. The standard InChI is InChI=1S/C16H11F3N2O2/c17-16(18,19)9-5-7-10(8-6-9)21-13(14(20)22)11-3-1-2-4-12(11)15(21)23/h1-8,13H,(H2,20,22). The summed E-state index contributed by atoms with van der Waals surface area (Å²) < 4.78 is 37.9. The second-order valence-corrected chi connectivity index (χ2v) is 5.11. The minimum atomic E-state index is -4.47. The highest BCUT2D eigenvalue weighted by Crippen LogP contribution is 2.38. The molecule has 0 aliphatic carbocycles. The van der Waals surface area contributed by atoms with Crippen molar-refractivity contribution in [1.82, 2.24) is 0 Å². The van der Waals surface area contributed by atoms with E-state index >= 15 is 0 Å². The number of nitrogens with two attached hydrogens (primary N) is 1. The molecule has 0 aromatic heterocycles. The molecule has 0 spiro atoms. The van der Waals surface area contributed by atoms with Gasteiger partial charge < -0.3 is 5.73 Å². The van der Waals surface area contributed by atoms with Crippen LogP contribution in [-0.2, 0) is 11.0 Å². The van der Waals surface area contributed by atoms with Gasteiger partial charge in [-0.1, -0.05) is 18.2 Å². The molecule has 1 atom stereocenters. The number of fused-ring (bicyclic) bond motifs is 1. The summed E-state index contributed by atoms with van der Waals surface area (Å²) in [5.74, 6) is -1.22. The number of rotatable bonds is 2. The highest BCUT2D eigenvalue weighted by molar-refractivity contribution is 6.15. The minimum Gasteiger partial charge on any atom is -0.368 e. The number of amides is 2. The predicted octanol–water partition coefficient (Wildman–Crippen LogP) is 2.89. The van der Waals surface area contributed by atoms with Gasteiger partial charge in [0.15, 0.2) is 0 Å². The second kappa shape index (κ2) is 5.12. The molecule has 118 valence electrons. The molecule has 4 nitrogen and oxygen atoms in total. The zero-order chi connectivity index (χ0) is 16.8. The molecule has 0 saturated heterocycles. The number of hydrogen-bond donors (Lipinski definition) is 1. The Bertz CT molecular complexity index is 785. The van der Waals surface area contributed by atoms with E-state index in [1.54, 1.807) is 24.3 Å². The third-order valence-electron chi connectivity index (χ3n) is 3.71. The van der Waals surface area contributed by atoms with Crippen molar-refractivity contribution in [1.29, 1.82) is 0 Å². The fourth-order valence-corrected chi connectivity index (χ4v) is 2.67. The van der Waals surface area contributed by atoms with Gasteiger partial charge in [0.1, 0.15) is 6.04 Å². The van der Waals surface area contributed by atoms with Crippen molar-refractivity contribution in [2.45, 2.75) is 12.2 Å². The van der Waals surface area contributed by atoms with Gasteiger partial charge in [-0.2, -0.15) is 13.2 Å². The second-order valence-electron chi connectivity index (χ2n) is 5.11. The fraction of sp³-hybridized carbons (Fsp3) is 0.125. The predicted molar refractivity (Wildman–Crippen MR) is 76.6 cm³/mol. The first-order valence-corrected chi connectivity index (χ1v) is 6.70. The Labute approximate surface area is 129 Å². The minimum absolute atomic E-state index is 0.183. The fourth-order valence-electron chi connectivity index (χ4n) is 2.67. The van der Waals surface area contributed by atoms with Gasteiger partial charge in [-0.3, -0.25) is 14.5 Å². The van der Waals surface area contributed by atoms with Crippen LogP contribution in [0.4, 0.5) is 18.9 Å². The highest BCUT2D eigenvalue weighted by Gasteiger charge is 2.41. The van der Waals surface area contributed by atoms with E-state index in [4.69, 9.17) is 5.73 Å². The third-order valence-corrected chi connectivity index (χ3v) is 3.71. The number of hydrogen-bond acceptors (Lipinski definition) is 2. The molecule has 2 amide bonds. The van der Waals surface area contributed by atoms with Crippen LogP contribution in [0.1, 0.15) is 27.5 Å². The van der Waals surface area contributed by atoms with Crippen LogP contribution in [0.15, 0.2) is 48.5 Å². The molecule has 1 unspecified atom stereocenters. The number of carbonyl (C=O) groups excluding carboxylic acids is 2. The third kappa shape index (κ3) is 2.44. The number of carbonyl (C=O) groups is 2. The largest absolute Gasteiger partial charge is 0.416 e. The molecule has 2 N–H and O–H groups in total. The molecule has 23 heavy (non-hydrogen) atoms. The van der Waals surface area contributed by atoms with Crippen molar-refractivity contribution in [3.05, 3.63) is 65.2 Å². The lowest BCUT2D eigenvalue weighted by Gasteiger charge is -2.23. The molecular formula is C16H11F3N2O2. The Hall–Kier alpha value is -2.83. The molecule has 3 rings (SSSR count). The summed E-state index contributed by atoms with van der Waals surface area (Å²) in [4.78, 5) is 25.4. The van der Waals surface area contributed by atoms with Crippen LogP contribution in [0.3, 0.4) is 0 Å². The topological polar surface area (TPSA) is 63.4 Å². The van der Waals surface area contributed by atoms with E-state index in [1.807, 2.05) is 0 Å². The Kier molecular flexibility index (Phi) is 3.35. The lowest BCUT2D eigenvalue weighted by Crippen LogP contribution is -2.36. The first kappa shape index (κ1) is 15.1. The molecule has 1 heterocycles. The van der Waals surface area contributed by atoms with E-state index in [-0.39, 0.29) is 5.69 Å². The summed E-state index contributed by atoms with van der Waals surface area (Å²) in [5.41, 5.74) is 5.50. The summed E-state index contributed by atoms with van der Waals surface area (Å²) in [6.07, 6.45) is -4.47. The average molecular weight is 320 g/mol. The molecule has 0 bridgehead atoms. The zero-order valence-electron chi connectivity index (χ0n) is 11.7. The molecule has 0 saturated carbocycles. The Morgan fingerprint density at radius 3 is 2.22 bits per heavy atom. The Morgan fingerprint density at radius 2 is 1.65 bits per heavy atom. The van der Waals surface area contributed by atoms with Gasteiger partial charge in [0, 0.05) is 11.3 Å². The summed E-state index contributed by atoms with van der Waals surface area (Å²) in [6.45, 7) is 0. The smallest absolute Gasteiger partial charge is 0.368 e. The maximum atomic E-state index is 12.6. The average Bonchev–Trinajstić information content (AvgIpc) is 2.80. The normalized spacial score (nSPS) is 17.3. The van der Waals surface area contributed by atoms with E-state index in [1.165, 1.54) is 0 Å². The quantitative estimate of drug-likeness (QED) is 0.925. The first-order valence-electron chi connectivity index (χ1n) is 6.70. The number of nitrogens with zero attached hydrogens (tertiary/aromatic N) is 1. The lowest BCUT2D eigenvalue weighted by molar-refractivity contribution is -0.137. The molecule has 7 heteroatoms. The maximum absolute atomic E-state index is 12.6. The van der Waals surface area contributed by atoms with Gasteiger partial charge in [0.25, 0.3) is 5.91 Å². The van der Waals surface area contributed by atoms with Gasteiger partial charge in [-0.15, -0.1) is 0 Å². The monoisotopic (exact) mass is 320 g/mol. The number of anilines is 1. The summed E-state index contributed by atoms with van der Waals surface area (Å²) in [7, 11) is 0. The lowest BCUT2D eigenvalue weighted by atomic mass is 10.0. The number of benzene rings is 2. The molecule has 0 radical (unpaired) electrons. The SMILES string of the molecule is NC(=O)C1c2ccccc2C(=O)N1c1ccc(C(F)(F)F)cc1. The van der Waals surface area contributed by atoms with Gasteiger partial charge in [-0.25, -0.2) is 0 Å². The van der Waals surface area contributed by atoms with Crippen LogP contribution < -0.4 is 10.6 Å². The van der Waals surface area contributed by atoms with E-state index in [2.05, 4.69) is 0 Å². The van der Waals surface area contributed by atoms with Crippen molar-refractivity contribution in [2.75, 3.05) is 4.90 Å². The van der Waals surface area contributed by atoms with E-state index < -0.39 is 29.6 Å². The van der Waals surface area contributed by atoms with Crippen LogP contribution in [0.5, 0.6) is 0 Å². The molecule has 1 aliphatic heterocycles. The van der Waals surface area contributed by atoms with E-state index in [0.717, 1.165) is 29.2 Å². The highest BCUT2D eigenvalue weighted by atomic mass is 19.4. The van der Waals surface area contributed by atoms with Crippen molar-refractivity contribution >= 4 is 17.5 Å². The van der Waals surface area contributed by atoms with Crippen molar-refractivity contribution in [3.63, 3.8) is 0 Å². The molecule has 1 aliphatic rings. The van der Waals surface area contributed by atoms with Crippen LogP contribution in [0, 0.1) is 0 Å². The molecule has 0 fully saturated rings. The summed E-state index contributed by atoms with van der Waals surface area (Å²) in [6, 6.07) is 9.47. The molecule has 2 aromatic rings. The van der Waals surface area contributed by atoms with Crippen LogP contribution in [-0.4, -0.2) is 11.8 Å². The van der Waals surface area contributed by atoms with Gasteiger partial charge in [0.05, 0.1) is 5.56 Å². The van der Waals surface area contributed by atoms with E-state index in [0.29, 0.717) is 11.1 Å². The summed E-state index contributed by atoms with van der Waals surface area (Å²) >= 11 is 0. The van der Waals surface area contributed by atoms with Crippen LogP contribution >= 0.6 is 0 Å². The van der Waals surface area contributed by atoms with Crippen LogP contribution in [0.2, 0.25) is 0 Å². The van der Waals surface area contributed by atoms with Gasteiger partial charge in [-0.05, 0) is 35.9 Å². The van der Waals surface area contributed by atoms with E-state index in [9.17, 15) is 22.8 Å². The zero-order valence-corrected chi connectivity index (χ0v) is 11.7. The first-order chi connectivity index (χ1) is 10.8. The number of alkyl halides is 3. The van der Waals surface area contributed by atoms with Crippen molar-refractivity contribution in [2.24, 2.45) is 5.73 Å². The molecular weight excluding hydrogens is 309 g/mol. The maximum Gasteiger partial charge on any atom is 0.416 e. The Morgan fingerprint density at radius 1 is 1.04 bits per heavy atom.